The van der Waals surface area contributed by atoms with Crippen molar-refractivity contribution in [2.24, 2.45) is 0 Å². The van der Waals surface area contributed by atoms with Crippen LogP contribution in [0.2, 0.25) is 0 Å². The van der Waals surface area contributed by atoms with Crippen LogP contribution >= 0.6 is 59.1 Å². The Bertz CT molecular complexity index is 634. The van der Waals surface area contributed by atoms with E-state index in [0.29, 0.717) is 4.47 Å². The zero-order valence-electron chi connectivity index (χ0n) is 10.1. The van der Waals surface area contributed by atoms with Crippen molar-refractivity contribution in [1.82, 2.24) is 0 Å². The zero-order chi connectivity index (χ0) is 15.1. The summed E-state index contributed by atoms with van der Waals surface area (Å²) in [7, 11) is 0. The highest BCUT2D eigenvalue weighted by Crippen LogP contribution is 2.44. The molecule has 0 aliphatic heterocycles. The minimum atomic E-state index is -4.38. The fraction of sp³-hybridized carbons (Fsp3) is 0.231. The summed E-state index contributed by atoms with van der Waals surface area (Å²) < 4.78 is 40.8. The summed E-state index contributed by atoms with van der Waals surface area (Å²) >= 11 is 11.4. The quantitative estimate of drug-likeness (QED) is 0.393. The number of aryl methyl sites for hydroxylation is 1. The smallest absolute Gasteiger partial charge is 0.166 e. The molecule has 0 spiro atoms. The number of thiophene rings is 1. The van der Waals surface area contributed by atoms with Gasteiger partial charge in [0.1, 0.15) is 0 Å². The highest BCUT2D eigenvalue weighted by molar-refractivity contribution is 9.11. The lowest BCUT2D eigenvalue weighted by molar-refractivity contribution is -0.138. The lowest BCUT2D eigenvalue weighted by Crippen LogP contribution is -2.10. The summed E-state index contributed by atoms with van der Waals surface area (Å²) in [5, 5.41) is 0. The number of hydrogen-bond acceptors (Lipinski definition) is 1. The molecule has 0 bridgehead atoms. The van der Waals surface area contributed by atoms with Crippen molar-refractivity contribution in [1.29, 1.82) is 0 Å². The van der Waals surface area contributed by atoms with E-state index in [9.17, 15) is 13.2 Å². The van der Waals surface area contributed by atoms with Gasteiger partial charge in [-0.1, -0.05) is 37.9 Å². The minimum absolute atomic E-state index is 0.217. The average Bonchev–Trinajstić information content (AvgIpc) is 2.66. The van der Waals surface area contributed by atoms with Crippen molar-refractivity contribution in [2.75, 3.05) is 0 Å². The van der Waals surface area contributed by atoms with Gasteiger partial charge in [0.2, 0.25) is 0 Å². The van der Waals surface area contributed by atoms with Crippen molar-refractivity contribution in [3.63, 3.8) is 0 Å². The van der Waals surface area contributed by atoms with Crippen LogP contribution in [0.25, 0.3) is 0 Å². The van der Waals surface area contributed by atoms with E-state index in [1.54, 1.807) is 6.07 Å². The van der Waals surface area contributed by atoms with E-state index in [4.69, 9.17) is 0 Å². The second kappa shape index (κ2) is 6.10. The van der Waals surface area contributed by atoms with Crippen molar-refractivity contribution >= 4 is 59.1 Å². The first-order chi connectivity index (χ1) is 9.20. The maximum Gasteiger partial charge on any atom is 0.416 e. The fourth-order valence-electron chi connectivity index (χ4n) is 1.87. The predicted octanol–water partition coefficient (Wildman–Crippen LogP) is 7.08. The molecule has 0 aliphatic rings. The van der Waals surface area contributed by atoms with Crippen LogP contribution in [-0.4, -0.2) is 0 Å². The lowest BCUT2D eigenvalue weighted by atomic mass is 10.00. The van der Waals surface area contributed by atoms with Gasteiger partial charge in [-0.3, -0.25) is 0 Å². The van der Waals surface area contributed by atoms with Crippen LogP contribution in [0.5, 0.6) is 0 Å². The van der Waals surface area contributed by atoms with Gasteiger partial charge in [0.05, 0.1) is 14.2 Å². The Balaban J connectivity index is 2.55. The molecular formula is C13H8Br3F3S. The SMILES string of the molecule is Cc1sc(Br)cc1C(Br)c1ccc(Br)cc1C(F)(F)F. The van der Waals surface area contributed by atoms with Gasteiger partial charge in [0, 0.05) is 9.35 Å². The van der Waals surface area contributed by atoms with E-state index < -0.39 is 16.6 Å². The fourth-order valence-corrected chi connectivity index (χ4v) is 5.01. The number of benzene rings is 1. The molecule has 20 heavy (non-hydrogen) atoms. The van der Waals surface area contributed by atoms with Gasteiger partial charge in [-0.2, -0.15) is 13.2 Å². The second-order valence-electron chi connectivity index (χ2n) is 4.15. The van der Waals surface area contributed by atoms with Crippen molar-refractivity contribution in [3.05, 3.63) is 54.1 Å². The monoisotopic (exact) mass is 490 g/mol. The summed E-state index contributed by atoms with van der Waals surface area (Å²) in [4.78, 5) is 0.490. The standard InChI is InChI=1S/C13H8Br3F3S/c1-6-9(5-11(15)20-6)12(16)8-3-2-7(14)4-10(8)13(17,18)19/h2-5,12H,1H3. The van der Waals surface area contributed by atoms with Crippen LogP contribution in [0.15, 0.2) is 32.5 Å². The third-order valence-electron chi connectivity index (χ3n) is 2.79. The van der Waals surface area contributed by atoms with E-state index in [2.05, 4.69) is 47.8 Å². The van der Waals surface area contributed by atoms with Gasteiger partial charge in [0.15, 0.2) is 0 Å². The Morgan fingerprint density at radius 2 is 1.75 bits per heavy atom. The summed E-state index contributed by atoms with van der Waals surface area (Å²) in [6.07, 6.45) is -4.38. The molecule has 1 aromatic heterocycles. The van der Waals surface area contributed by atoms with Crippen LogP contribution < -0.4 is 0 Å². The molecule has 0 N–H and O–H groups in total. The Morgan fingerprint density at radius 1 is 1.10 bits per heavy atom. The van der Waals surface area contributed by atoms with E-state index in [-0.39, 0.29) is 5.56 Å². The van der Waals surface area contributed by atoms with E-state index >= 15 is 0 Å². The minimum Gasteiger partial charge on any atom is -0.166 e. The number of halogens is 6. The largest absolute Gasteiger partial charge is 0.416 e. The lowest BCUT2D eigenvalue weighted by Gasteiger charge is -2.17. The molecular weight excluding hydrogens is 485 g/mol. The first kappa shape index (κ1) is 16.5. The predicted molar refractivity (Wildman–Crippen MR) is 86.7 cm³/mol. The topological polar surface area (TPSA) is 0 Å². The Morgan fingerprint density at radius 3 is 2.25 bits per heavy atom. The molecule has 2 aromatic rings. The second-order valence-corrected chi connectivity index (χ2v) is 8.62. The molecule has 108 valence electrons. The maximum atomic E-state index is 13.2. The van der Waals surface area contributed by atoms with Gasteiger partial charge in [0.25, 0.3) is 0 Å². The first-order valence-corrected chi connectivity index (χ1v) is 8.78. The molecule has 1 heterocycles. The van der Waals surface area contributed by atoms with Gasteiger partial charge >= 0.3 is 6.18 Å². The highest BCUT2D eigenvalue weighted by atomic mass is 79.9. The van der Waals surface area contributed by atoms with Crippen LogP contribution in [0.4, 0.5) is 13.2 Å². The third kappa shape index (κ3) is 3.48. The molecule has 7 heteroatoms. The van der Waals surface area contributed by atoms with Gasteiger partial charge in [-0.25, -0.2) is 0 Å². The molecule has 0 saturated carbocycles. The summed E-state index contributed by atoms with van der Waals surface area (Å²) in [6.45, 7) is 1.89. The molecule has 1 unspecified atom stereocenters. The van der Waals surface area contributed by atoms with Crippen molar-refractivity contribution in [2.45, 2.75) is 17.9 Å². The zero-order valence-corrected chi connectivity index (χ0v) is 15.6. The van der Waals surface area contributed by atoms with E-state index in [1.807, 2.05) is 13.0 Å². The molecule has 0 amide bonds. The first-order valence-electron chi connectivity index (χ1n) is 5.46. The summed E-state index contributed by atoms with van der Waals surface area (Å²) in [5.41, 5.74) is 0.430. The Labute approximate surface area is 143 Å². The molecule has 0 nitrogen and oxygen atoms in total. The van der Waals surface area contributed by atoms with Crippen molar-refractivity contribution in [3.8, 4) is 0 Å². The normalized spacial score (nSPS) is 13.6. The van der Waals surface area contributed by atoms with Crippen molar-refractivity contribution < 1.29 is 13.2 Å². The summed E-state index contributed by atoms with van der Waals surface area (Å²) in [6, 6.07) is 6.08. The number of hydrogen-bond donors (Lipinski definition) is 0. The highest BCUT2D eigenvalue weighted by Gasteiger charge is 2.35. The Kier molecular flexibility index (Phi) is 5.04. The Hall–Kier alpha value is 0.150. The number of rotatable bonds is 2. The molecule has 0 radical (unpaired) electrons. The van der Waals surface area contributed by atoms with Gasteiger partial charge in [-0.05, 0) is 52.2 Å². The van der Waals surface area contributed by atoms with Crippen LogP contribution in [0.3, 0.4) is 0 Å². The third-order valence-corrected chi connectivity index (χ3v) is 5.84. The van der Waals surface area contributed by atoms with E-state index in [1.165, 1.54) is 17.4 Å². The molecule has 0 aliphatic carbocycles. The van der Waals surface area contributed by atoms with E-state index in [0.717, 1.165) is 20.3 Å². The summed E-state index contributed by atoms with van der Waals surface area (Å²) in [5.74, 6) is 0. The van der Waals surface area contributed by atoms with Crippen LogP contribution in [-0.2, 0) is 6.18 Å². The van der Waals surface area contributed by atoms with Crippen LogP contribution in [0.1, 0.15) is 26.4 Å². The molecule has 0 saturated heterocycles. The molecule has 1 aromatic carbocycles. The molecule has 1 atom stereocenters. The average molecular weight is 493 g/mol. The van der Waals surface area contributed by atoms with Gasteiger partial charge in [-0.15, -0.1) is 11.3 Å². The molecule has 0 fully saturated rings. The van der Waals surface area contributed by atoms with Gasteiger partial charge < -0.3 is 0 Å². The number of alkyl halides is 4. The molecule has 2 rings (SSSR count). The van der Waals surface area contributed by atoms with Crippen LogP contribution in [0, 0.1) is 6.92 Å². The maximum absolute atomic E-state index is 13.2.